The molecule has 1 aromatic carbocycles. The molecule has 0 atom stereocenters. The van der Waals surface area contributed by atoms with Crippen LogP contribution in [0.25, 0.3) is 6.08 Å². The summed E-state index contributed by atoms with van der Waals surface area (Å²) in [5.41, 5.74) is -0.708. The van der Waals surface area contributed by atoms with Gasteiger partial charge in [0.25, 0.3) is 0 Å². The monoisotopic (exact) mass is 373 g/mol. The standard InChI is InChI=1S/C15H11F4N3O4/c1-21-8-11(22(24)25)13(20-21)12(23)6-5-9-3-2-4-10(7-9)26-15(18,19)14(16)17/h2-8,14H,1H3/b6-5+. The summed E-state index contributed by atoms with van der Waals surface area (Å²) in [6.45, 7) is 0. The molecule has 0 aliphatic heterocycles. The third-order valence-electron chi connectivity index (χ3n) is 3.03. The van der Waals surface area contributed by atoms with Gasteiger partial charge in [-0.15, -0.1) is 0 Å². The van der Waals surface area contributed by atoms with Gasteiger partial charge in [-0.2, -0.15) is 22.7 Å². The van der Waals surface area contributed by atoms with E-state index in [-0.39, 0.29) is 5.56 Å². The van der Waals surface area contributed by atoms with Crippen LogP contribution in [0, 0.1) is 10.1 Å². The lowest BCUT2D eigenvalue weighted by Gasteiger charge is -2.16. The van der Waals surface area contributed by atoms with Gasteiger partial charge >= 0.3 is 18.2 Å². The first-order chi connectivity index (χ1) is 12.1. The zero-order valence-electron chi connectivity index (χ0n) is 13.1. The molecule has 0 amide bonds. The summed E-state index contributed by atoms with van der Waals surface area (Å²) in [4.78, 5) is 22.1. The summed E-state index contributed by atoms with van der Waals surface area (Å²) in [6, 6.07) is 4.69. The summed E-state index contributed by atoms with van der Waals surface area (Å²) in [5.74, 6) is -1.32. The molecule has 0 aliphatic rings. The molecule has 0 unspecified atom stereocenters. The van der Waals surface area contributed by atoms with E-state index in [9.17, 15) is 32.5 Å². The Morgan fingerprint density at radius 1 is 1.42 bits per heavy atom. The van der Waals surface area contributed by atoms with Crippen molar-refractivity contribution in [1.82, 2.24) is 9.78 Å². The van der Waals surface area contributed by atoms with Crippen LogP contribution >= 0.6 is 0 Å². The number of ketones is 1. The van der Waals surface area contributed by atoms with Crippen molar-refractivity contribution >= 4 is 17.5 Å². The number of hydrogen-bond donors (Lipinski definition) is 0. The number of carbonyl (C=O) groups excluding carboxylic acids is 1. The second-order valence-corrected chi connectivity index (χ2v) is 5.03. The number of allylic oxidation sites excluding steroid dienone is 1. The summed E-state index contributed by atoms with van der Waals surface area (Å²) in [7, 11) is 1.40. The van der Waals surface area contributed by atoms with Crippen molar-refractivity contribution in [2.45, 2.75) is 12.5 Å². The number of alkyl halides is 4. The van der Waals surface area contributed by atoms with Gasteiger partial charge in [-0.3, -0.25) is 19.6 Å². The number of nitrogens with zero attached hydrogens (tertiary/aromatic N) is 3. The maximum Gasteiger partial charge on any atom is 0.461 e. The van der Waals surface area contributed by atoms with Crippen LogP contribution in [0.2, 0.25) is 0 Å². The first kappa shape index (κ1) is 19.1. The first-order valence-electron chi connectivity index (χ1n) is 6.95. The molecule has 138 valence electrons. The van der Waals surface area contributed by atoms with Gasteiger partial charge in [0.05, 0.1) is 4.92 Å². The number of nitro groups is 1. The lowest BCUT2D eigenvalue weighted by Crippen LogP contribution is -2.33. The lowest BCUT2D eigenvalue weighted by atomic mass is 10.1. The number of rotatable bonds is 7. The highest BCUT2D eigenvalue weighted by Gasteiger charge is 2.43. The molecular formula is C15H11F4N3O4. The SMILES string of the molecule is Cn1cc([N+](=O)[O-])c(C(=O)/C=C/c2cccc(OC(F)(F)C(F)F)c2)n1. The van der Waals surface area contributed by atoms with Crippen LogP contribution in [0.4, 0.5) is 23.2 Å². The van der Waals surface area contributed by atoms with E-state index in [1.165, 1.54) is 19.2 Å². The fourth-order valence-corrected chi connectivity index (χ4v) is 1.92. The van der Waals surface area contributed by atoms with Gasteiger partial charge in [-0.25, -0.2) is 0 Å². The molecule has 0 spiro atoms. The van der Waals surface area contributed by atoms with Crippen LogP contribution < -0.4 is 4.74 Å². The van der Waals surface area contributed by atoms with Crippen molar-refractivity contribution in [3.8, 4) is 5.75 Å². The molecule has 0 aliphatic carbocycles. The molecule has 2 rings (SSSR count). The normalized spacial score (nSPS) is 11.9. The maximum absolute atomic E-state index is 12.9. The van der Waals surface area contributed by atoms with Crippen molar-refractivity contribution in [2.75, 3.05) is 0 Å². The van der Waals surface area contributed by atoms with Gasteiger partial charge in [0, 0.05) is 7.05 Å². The molecule has 0 saturated heterocycles. The molecule has 0 saturated carbocycles. The number of hydrogen-bond acceptors (Lipinski definition) is 5. The van der Waals surface area contributed by atoms with Crippen LogP contribution in [0.3, 0.4) is 0 Å². The molecule has 0 bridgehead atoms. The van der Waals surface area contributed by atoms with Gasteiger partial charge in [0.2, 0.25) is 11.5 Å². The van der Waals surface area contributed by atoms with E-state index in [2.05, 4.69) is 9.84 Å². The Morgan fingerprint density at radius 2 is 2.12 bits per heavy atom. The molecule has 11 heteroatoms. The Kier molecular flexibility index (Phi) is 5.38. The van der Waals surface area contributed by atoms with Gasteiger partial charge < -0.3 is 4.74 Å². The Labute approximate surface area is 143 Å². The number of aryl methyl sites for hydroxylation is 1. The van der Waals surface area contributed by atoms with Crippen molar-refractivity contribution in [2.24, 2.45) is 7.05 Å². The number of benzene rings is 1. The van der Waals surface area contributed by atoms with Crippen molar-refractivity contribution in [3.05, 3.63) is 57.9 Å². The minimum absolute atomic E-state index is 0.180. The average Bonchev–Trinajstić information content (AvgIpc) is 2.95. The van der Waals surface area contributed by atoms with Gasteiger partial charge in [0.15, 0.2) is 0 Å². The van der Waals surface area contributed by atoms with Crippen LogP contribution in [-0.4, -0.2) is 33.0 Å². The molecule has 0 fully saturated rings. The highest BCUT2D eigenvalue weighted by atomic mass is 19.3. The predicted octanol–water partition coefficient (Wildman–Crippen LogP) is 3.46. The smallest absolute Gasteiger partial charge is 0.428 e. The zero-order chi connectivity index (χ0) is 19.5. The Bertz CT molecular complexity index is 864. The fourth-order valence-electron chi connectivity index (χ4n) is 1.92. The van der Waals surface area contributed by atoms with Crippen LogP contribution in [-0.2, 0) is 7.05 Å². The summed E-state index contributed by atoms with van der Waals surface area (Å²) < 4.78 is 55.1. The van der Waals surface area contributed by atoms with E-state index in [1.54, 1.807) is 0 Å². The topological polar surface area (TPSA) is 87.3 Å². The molecule has 0 N–H and O–H groups in total. The number of aromatic nitrogens is 2. The van der Waals surface area contributed by atoms with Gasteiger partial charge in [-0.1, -0.05) is 18.2 Å². The third-order valence-corrected chi connectivity index (χ3v) is 3.03. The number of halogens is 4. The minimum atomic E-state index is -4.66. The Hall–Kier alpha value is -3.24. The average molecular weight is 373 g/mol. The van der Waals surface area contributed by atoms with Crippen molar-refractivity contribution < 1.29 is 32.0 Å². The molecule has 7 nitrogen and oxygen atoms in total. The van der Waals surface area contributed by atoms with E-state index in [1.807, 2.05) is 0 Å². The fraction of sp³-hybridized carbons (Fsp3) is 0.200. The minimum Gasteiger partial charge on any atom is -0.428 e. The first-order valence-corrected chi connectivity index (χ1v) is 6.95. The van der Waals surface area contributed by atoms with E-state index in [4.69, 9.17) is 0 Å². The molecule has 2 aromatic rings. The largest absolute Gasteiger partial charge is 0.461 e. The quantitative estimate of drug-likeness (QED) is 0.244. The molecule has 26 heavy (non-hydrogen) atoms. The molecule has 1 heterocycles. The van der Waals surface area contributed by atoms with Crippen molar-refractivity contribution in [3.63, 3.8) is 0 Å². The van der Waals surface area contributed by atoms with E-state index in [0.717, 1.165) is 35.2 Å². The van der Waals surface area contributed by atoms with E-state index < -0.39 is 40.4 Å². The number of ether oxygens (including phenoxy) is 1. The van der Waals surface area contributed by atoms with Gasteiger partial charge in [0.1, 0.15) is 11.9 Å². The maximum atomic E-state index is 12.9. The number of carbonyl (C=O) groups is 1. The predicted molar refractivity (Wildman–Crippen MR) is 81.2 cm³/mol. The highest BCUT2D eigenvalue weighted by molar-refractivity contribution is 6.07. The van der Waals surface area contributed by atoms with Crippen LogP contribution in [0.5, 0.6) is 5.75 Å². The summed E-state index contributed by atoms with van der Waals surface area (Å²) in [5, 5.41) is 14.6. The Morgan fingerprint density at radius 3 is 2.73 bits per heavy atom. The van der Waals surface area contributed by atoms with E-state index >= 15 is 0 Å². The Balaban J connectivity index is 2.20. The second-order valence-electron chi connectivity index (χ2n) is 5.03. The molecule has 1 aromatic heterocycles. The highest BCUT2D eigenvalue weighted by Crippen LogP contribution is 2.28. The molecular weight excluding hydrogens is 362 g/mol. The lowest BCUT2D eigenvalue weighted by molar-refractivity contribution is -0.385. The summed E-state index contributed by atoms with van der Waals surface area (Å²) in [6.07, 6.45) is -5.50. The zero-order valence-corrected chi connectivity index (χ0v) is 13.1. The van der Waals surface area contributed by atoms with Crippen LogP contribution in [0.15, 0.2) is 36.5 Å². The summed E-state index contributed by atoms with van der Waals surface area (Å²) >= 11 is 0. The van der Waals surface area contributed by atoms with Crippen molar-refractivity contribution in [1.29, 1.82) is 0 Å². The van der Waals surface area contributed by atoms with Gasteiger partial charge in [-0.05, 0) is 23.8 Å². The van der Waals surface area contributed by atoms with E-state index in [0.29, 0.717) is 0 Å². The van der Waals surface area contributed by atoms with Crippen LogP contribution in [0.1, 0.15) is 16.1 Å². The second kappa shape index (κ2) is 7.33. The third kappa shape index (κ3) is 4.43. The molecule has 0 radical (unpaired) electrons.